The topological polar surface area (TPSA) is 64.1 Å². The van der Waals surface area contributed by atoms with Crippen LogP contribution in [0.4, 0.5) is 0 Å². The molecule has 3 heteroatoms. The fraction of sp³-hybridized carbons (Fsp3) is 1.00. The van der Waals surface area contributed by atoms with E-state index >= 15 is 0 Å². The van der Waals surface area contributed by atoms with E-state index in [1.807, 2.05) is 0 Å². The number of hydrogen-bond acceptors (Lipinski definition) is 3. The Hall–Kier alpha value is -0.120. The minimum atomic E-state index is 0.798. The average Bonchev–Trinajstić information content (AvgIpc) is 2.73. The smallest absolute Gasteiger partial charge is 0.00204 e. The Labute approximate surface area is 125 Å². The number of rotatable bonds is 6. The SMILES string of the molecule is NCC1CCCC(CNCC2CCC(CN)CC2)CC1. The Morgan fingerprint density at radius 3 is 1.55 bits per heavy atom. The first kappa shape index (κ1) is 16.3. The van der Waals surface area contributed by atoms with Crippen LogP contribution in [0.3, 0.4) is 0 Å². The summed E-state index contributed by atoms with van der Waals surface area (Å²) in [6.45, 7) is 4.25. The Kier molecular flexibility index (Phi) is 7.32. The average molecular weight is 281 g/mol. The first-order chi connectivity index (χ1) is 9.81. The number of nitrogens with one attached hydrogen (secondary N) is 1. The Bertz CT molecular complexity index is 249. The van der Waals surface area contributed by atoms with E-state index in [0.29, 0.717) is 0 Å². The number of nitrogens with two attached hydrogens (primary N) is 2. The van der Waals surface area contributed by atoms with Gasteiger partial charge in [-0.2, -0.15) is 0 Å². The molecular weight excluding hydrogens is 246 g/mol. The second kappa shape index (κ2) is 9.01. The molecule has 3 nitrogen and oxygen atoms in total. The molecule has 2 atom stereocenters. The molecule has 2 aliphatic rings. The summed E-state index contributed by atoms with van der Waals surface area (Å²) in [5.74, 6) is 3.40. The zero-order chi connectivity index (χ0) is 14.2. The largest absolute Gasteiger partial charge is 0.330 e. The molecule has 0 aromatic heterocycles. The maximum Gasteiger partial charge on any atom is -0.00204 e. The Morgan fingerprint density at radius 1 is 0.600 bits per heavy atom. The van der Waals surface area contributed by atoms with E-state index in [2.05, 4.69) is 5.32 Å². The van der Waals surface area contributed by atoms with Crippen molar-refractivity contribution in [2.75, 3.05) is 26.2 Å². The summed E-state index contributed by atoms with van der Waals surface area (Å²) in [5.41, 5.74) is 11.6. The number of hydrogen-bond donors (Lipinski definition) is 3. The molecule has 0 heterocycles. The van der Waals surface area contributed by atoms with Crippen molar-refractivity contribution in [2.24, 2.45) is 35.1 Å². The zero-order valence-corrected chi connectivity index (χ0v) is 13.2. The highest BCUT2D eigenvalue weighted by Crippen LogP contribution is 2.28. The normalized spacial score (nSPS) is 35.7. The van der Waals surface area contributed by atoms with Gasteiger partial charge in [-0.05, 0) is 101 Å². The molecule has 0 amide bonds. The molecular formula is C17H35N3. The lowest BCUT2D eigenvalue weighted by atomic mass is 9.82. The molecule has 2 unspecified atom stereocenters. The van der Waals surface area contributed by atoms with Crippen molar-refractivity contribution in [1.82, 2.24) is 5.32 Å². The molecule has 0 aliphatic heterocycles. The van der Waals surface area contributed by atoms with Crippen LogP contribution in [0.25, 0.3) is 0 Å². The maximum absolute atomic E-state index is 5.81. The summed E-state index contributed by atoms with van der Waals surface area (Å²) in [6, 6.07) is 0. The molecule has 0 aromatic rings. The van der Waals surface area contributed by atoms with Crippen LogP contribution in [0.15, 0.2) is 0 Å². The summed E-state index contributed by atoms with van der Waals surface area (Å²) < 4.78 is 0. The van der Waals surface area contributed by atoms with Gasteiger partial charge in [-0.1, -0.05) is 6.42 Å². The van der Waals surface area contributed by atoms with Crippen LogP contribution in [0.1, 0.15) is 57.8 Å². The Morgan fingerprint density at radius 2 is 1.00 bits per heavy atom. The lowest BCUT2D eigenvalue weighted by Gasteiger charge is -2.28. The maximum atomic E-state index is 5.81. The summed E-state index contributed by atoms with van der Waals surface area (Å²) in [6.07, 6.45) is 12.4. The van der Waals surface area contributed by atoms with Crippen molar-refractivity contribution < 1.29 is 0 Å². The van der Waals surface area contributed by atoms with Gasteiger partial charge in [0.05, 0.1) is 0 Å². The summed E-state index contributed by atoms with van der Waals surface area (Å²) in [7, 11) is 0. The summed E-state index contributed by atoms with van der Waals surface area (Å²) >= 11 is 0. The van der Waals surface area contributed by atoms with Crippen LogP contribution < -0.4 is 16.8 Å². The van der Waals surface area contributed by atoms with E-state index < -0.39 is 0 Å². The summed E-state index contributed by atoms with van der Waals surface area (Å²) in [4.78, 5) is 0. The van der Waals surface area contributed by atoms with Crippen LogP contribution in [-0.4, -0.2) is 26.2 Å². The van der Waals surface area contributed by atoms with Crippen LogP contribution in [0.2, 0.25) is 0 Å². The highest BCUT2D eigenvalue weighted by atomic mass is 14.9. The third kappa shape index (κ3) is 5.34. The molecule has 2 rings (SSSR count). The standard InChI is InChI=1S/C17H35N3/c18-10-14-2-1-3-16(7-4-14)12-20-13-17-8-5-15(11-19)6-9-17/h14-17,20H,1-13,18-19H2. The summed E-state index contributed by atoms with van der Waals surface area (Å²) in [5, 5.41) is 3.76. The van der Waals surface area contributed by atoms with Gasteiger partial charge >= 0.3 is 0 Å². The van der Waals surface area contributed by atoms with Crippen LogP contribution in [0, 0.1) is 23.7 Å². The second-order valence-electron chi connectivity index (χ2n) is 7.26. The second-order valence-corrected chi connectivity index (χ2v) is 7.26. The van der Waals surface area contributed by atoms with Crippen molar-refractivity contribution in [3.8, 4) is 0 Å². The van der Waals surface area contributed by atoms with Crippen molar-refractivity contribution in [3.63, 3.8) is 0 Å². The van der Waals surface area contributed by atoms with Gasteiger partial charge in [0.15, 0.2) is 0 Å². The molecule has 5 N–H and O–H groups in total. The van der Waals surface area contributed by atoms with E-state index in [-0.39, 0.29) is 0 Å². The fourth-order valence-corrected chi connectivity index (χ4v) is 4.06. The van der Waals surface area contributed by atoms with Gasteiger partial charge < -0.3 is 16.8 Å². The van der Waals surface area contributed by atoms with Crippen molar-refractivity contribution >= 4 is 0 Å². The molecule has 2 saturated carbocycles. The molecule has 0 radical (unpaired) electrons. The van der Waals surface area contributed by atoms with Crippen LogP contribution in [-0.2, 0) is 0 Å². The minimum absolute atomic E-state index is 0.798. The molecule has 0 bridgehead atoms. The van der Waals surface area contributed by atoms with Crippen LogP contribution in [0.5, 0.6) is 0 Å². The molecule has 0 saturated heterocycles. The molecule has 0 spiro atoms. The van der Waals surface area contributed by atoms with E-state index in [4.69, 9.17) is 11.5 Å². The van der Waals surface area contributed by atoms with Crippen molar-refractivity contribution in [2.45, 2.75) is 57.8 Å². The van der Waals surface area contributed by atoms with Gasteiger partial charge in [-0.3, -0.25) is 0 Å². The highest BCUT2D eigenvalue weighted by Gasteiger charge is 2.21. The lowest BCUT2D eigenvalue weighted by molar-refractivity contribution is 0.266. The predicted octanol–water partition coefficient (Wildman–Crippen LogP) is 2.50. The molecule has 2 aliphatic carbocycles. The molecule has 118 valence electrons. The third-order valence-electron chi connectivity index (χ3n) is 5.71. The van der Waals surface area contributed by atoms with Gasteiger partial charge in [0.25, 0.3) is 0 Å². The fourth-order valence-electron chi connectivity index (χ4n) is 4.06. The zero-order valence-electron chi connectivity index (χ0n) is 13.2. The van der Waals surface area contributed by atoms with E-state index in [1.165, 1.54) is 70.9 Å². The quantitative estimate of drug-likeness (QED) is 0.655. The van der Waals surface area contributed by atoms with Gasteiger partial charge in [-0.25, -0.2) is 0 Å². The molecule has 20 heavy (non-hydrogen) atoms. The van der Waals surface area contributed by atoms with E-state index in [1.54, 1.807) is 0 Å². The van der Waals surface area contributed by atoms with Crippen LogP contribution >= 0.6 is 0 Å². The first-order valence-corrected chi connectivity index (χ1v) is 8.92. The first-order valence-electron chi connectivity index (χ1n) is 8.92. The van der Waals surface area contributed by atoms with E-state index in [9.17, 15) is 0 Å². The predicted molar refractivity (Wildman–Crippen MR) is 86.5 cm³/mol. The lowest BCUT2D eigenvalue weighted by Crippen LogP contribution is -2.31. The van der Waals surface area contributed by atoms with Gasteiger partial charge in [-0.15, -0.1) is 0 Å². The van der Waals surface area contributed by atoms with E-state index in [0.717, 1.165) is 36.8 Å². The molecule has 0 aromatic carbocycles. The van der Waals surface area contributed by atoms with Crippen molar-refractivity contribution in [3.05, 3.63) is 0 Å². The molecule has 2 fully saturated rings. The monoisotopic (exact) mass is 281 g/mol. The highest BCUT2D eigenvalue weighted by molar-refractivity contribution is 4.76. The van der Waals surface area contributed by atoms with Crippen molar-refractivity contribution in [1.29, 1.82) is 0 Å². The van der Waals surface area contributed by atoms with Gasteiger partial charge in [0, 0.05) is 0 Å². The minimum Gasteiger partial charge on any atom is -0.330 e. The van der Waals surface area contributed by atoms with Gasteiger partial charge in [0.2, 0.25) is 0 Å². The Balaban J connectivity index is 1.57. The third-order valence-corrected chi connectivity index (χ3v) is 5.71. The van der Waals surface area contributed by atoms with Gasteiger partial charge in [0.1, 0.15) is 0 Å².